The van der Waals surface area contributed by atoms with E-state index < -0.39 is 11.6 Å². The topological polar surface area (TPSA) is 9.23 Å². The Morgan fingerprint density at radius 1 is 0.897 bits per heavy atom. The molecule has 0 N–H and O–H groups in total. The van der Waals surface area contributed by atoms with Crippen molar-refractivity contribution in [2.45, 2.75) is 89.4 Å². The summed E-state index contributed by atoms with van der Waals surface area (Å²) < 4.78 is 34.7. The SMILES string of the molecule is CCCCC1CCC(CSc2ccc(OCC3CCC(C)CC3)c(F)c2F)CC1. The van der Waals surface area contributed by atoms with Crippen molar-refractivity contribution < 1.29 is 13.5 Å². The standard InChI is InChI=1S/C25H38F2OS/c1-3-4-5-19-10-12-21(13-11-19)17-29-23-15-14-22(24(26)25(23)27)28-16-20-8-6-18(2)7-9-20/h14-15,18-21H,3-13,16-17H2,1-2H3. The van der Waals surface area contributed by atoms with Gasteiger partial charge in [0.2, 0.25) is 5.82 Å². The fourth-order valence-corrected chi connectivity index (χ4v) is 5.96. The molecule has 0 heterocycles. The van der Waals surface area contributed by atoms with Gasteiger partial charge in [0.05, 0.1) is 6.61 Å². The molecule has 0 atom stereocenters. The average Bonchev–Trinajstić information content (AvgIpc) is 2.74. The van der Waals surface area contributed by atoms with E-state index in [-0.39, 0.29) is 5.75 Å². The summed E-state index contributed by atoms with van der Waals surface area (Å²) in [5.74, 6) is 2.17. The summed E-state index contributed by atoms with van der Waals surface area (Å²) >= 11 is 1.47. The highest BCUT2D eigenvalue weighted by Gasteiger charge is 2.23. The van der Waals surface area contributed by atoms with Crippen LogP contribution in [0.4, 0.5) is 8.78 Å². The summed E-state index contributed by atoms with van der Waals surface area (Å²) in [4.78, 5) is 0.425. The Morgan fingerprint density at radius 3 is 2.24 bits per heavy atom. The van der Waals surface area contributed by atoms with E-state index >= 15 is 0 Å². The van der Waals surface area contributed by atoms with E-state index in [9.17, 15) is 8.78 Å². The third kappa shape index (κ3) is 6.87. The van der Waals surface area contributed by atoms with Crippen LogP contribution < -0.4 is 4.74 Å². The summed E-state index contributed by atoms with van der Waals surface area (Å²) in [5.41, 5.74) is 0. The molecule has 0 radical (unpaired) electrons. The molecule has 1 aromatic rings. The summed E-state index contributed by atoms with van der Waals surface area (Å²) in [6.45, 7) is 5.03. The molecule has 2 saturated carbocycles. The van der Waals surface area contributed by atoms with Gasteiger partial charge in [0, 0.05) is 10.6 Å². The number of hydrogen-bond donors (Lipinski definition) is 0. The molecule has 2 fully saturated rings. The zero-order chi connectivity index (χ0) is 20.6. The number of ether oxygens (including phenoxy) is 1. The third-order valence-electron chi connectivity index (χ3n) is 7.03. The molecule has 0 unspecified atom stereocenters. The lowest BCUT2D eigenvalue weighted by molar-refractivity contribution is 0.181. The van der Waals surface area contributed by atoms with Crippen LogP contribution in [0.2, 0.25) is 0 Å². The minimum Gasteiger partial charge on any atom is -0.490 e. The van der Waals surface area contributed by atoms with Crippen LogP contribution in [0.15, 0.2) is 17.0 Å². The van der Waals surface area contributed by atoms with Gasteiger partial charge in [-0.2, -0.15) is 4.39 Å². The van der Waals surface area contributed by atoms with E-state index in [1.807, 2.05) is 0 Å². The van der Waals surface area contributed by atoms with Crippen molar-refractivity contribution >= 4 is 11.8 Å². The Balaban J connectivity index is 1.44. The molecule has 29 heavy (non-hydrogen) atoms. The zero-order valence-electron chi connectivity index (χ0n) is 18.2. The van der Waals surface area contributed by atoms with Crippen LogP contribution in [0.1, 0.15) is 84.5 Å². The fourth-order valence-electron chi connectivity index (χ4n) is 4.83. The Kier molecular flexibility index (Phi) is 9.14. The first-order chi connectivity index (χ1) is 14.1. The summed E-state index contributed by atoms with van der Waals surface area (Å²) in [6.07, 6.45) is 13.7. The van der Waals surface area contributed by atoms with Crippen LogP contribution in [0, 0.1) is 35.3 Å². The first-order valence-corrected chi connectivity index (χ1v) is 12.8. The smallest absolute Gasteiger partial charge is 0.201 e. The second-order valence-electron chi connectivity index (χ2n) is 9.47. The maximum Gasteiger partial charge on any atom is 0.201 e. The van der Waals surface area contributed by atoms with Crippen molar-refractivity contribution in [2.75, 3.05) is 12.4 Å². The molecule has 0 saturated heterocycles. The second kappa shape index (κ2) is 11.6. The number of unbranched alkanes of at least 4 members (excludes halogenated alkanes) is 1. The van der Waals surface area contributed by atoms with Gasteiger partial charge >= 0.3 is 0 Å². The van der Waals surface area contributed by atoms with Crippen molar-refractivity contribution in [3.05, 3.63) is 23.8 Å². The lowest BCUT2D eigenvalue weighted by atomic mass is 9.80. The fraction of sp³-hybridized carbons (Fsp3) is 0.760. The van der Waals surface area contributed by atoms with E-state index in [2.05, 4.69) is 13.8 Å². The number of halogens is 2. The van der Waals surface area contributed by atoms with E-state index in [0.29, 0.717) is 23.3 Å². The lowest BCUT2D eigenvalue weighted by Crippen LogP contribution is -2.19. The summed E-state index contributed by atoms with van der Waals surface area (Å²) in [7, 11) is 0. The Labute approximate surface area is 180 Å². The average molecular weight is 425 g/mol. The van der Waals surface area contributed by atoms with Crippen LogP contribution in [-0.2, 0) is 0 Å². The molecule has 0 bridgehead atoms. The molecule has 0 aliphatic heterocycles. The van der Waals surface area contributed by atoms with E-state index in [0.717, 1.165) is 30.4 Å². The molecule has 4 heteroatoms. The van der Waals surface area contributed by atoms with Gasteiger partial charge in [-0.25, -0.2) is 4.39 Å². The molecule has 0 aromatic heterocycles. The summed E-state index contributed by atoms with van der Waals surface area (Å²) in [6, 6.07) is 3.32. The minimum absolute atomic E-state index is 0.0712. The lowest BCUT2D eigenvalue weighted by Gasteiger charge is -2.28. The molecular weight excluding hydrogens is 386 g/mol. The van der Waals surface area contributed by atoms with Crippen molar-refractivity contribution in [1.29, 1.82) is 0 Å². The van der Waals surface area contributed by atoms with Crippen LogP contribution in [0.3, 0.4) is 0 Å². The van der Waals surface area contributed by atoms with Crippen molar-refractivity contribution in [3.8, 4) is 5.75 Å². The predicted octanol–water partition coefficient (Wildman–Crippen LogP) is 8.26. The van der Waals surface area contributed by atoms with Crippen molar-refractivity contribution in [3.63, 3.8) is 0 Å². The van der Waals surface area contributed by atoms with Crippen molar-refractivity contribution in [2.24, 2.45) is 23.7 Å². The highest BCUT2D eigenvalue weighted by molar-refractivity contribution is 7.99. The van der Waals surface area contributed by atoms with E-state index in [1.165, 1.54) is 69.5 Å². The Hall–Kier alpha value is -0.770. The van der Waals surface area contributed by atoms with Gasteiger partial charge < -0.3 is 4.74 Å². The molecule has 3 rings (SSSR count). The first-order valence-electron chi connectivity index (χ1n) is 11.8. The quantitative estimate of drug-likeness (QED) is 0.369. The van der Waals surface area contributed by atoms with Crippen LogP contribution >= 0.6 is 11.8 Å². The molecular formula is C25H38F2OS. The molecule has 0 amide bonds. The maximum absolute atomic E-state index is 14.6. The highest BCUT2D eigenvalue weighted by Crippen LogP contribution is 2.37. The highest BCUT2D eigenvalue weighted by atomic mass is 32.2. The molecule has 2 aliphatic rings. The van der Waals surface area contributed by atoms with E-state index in [1.54, 1.807) is 12.1 Å². The molecule has 1 nitrogen and oxygen atoms in total. The molecule has 1 aromatic carbocycles. The Morgan fingerprint density at radius 2 is 1.55 bits per heavy atom. The monoisotopic (exact) mass is 424 g/mol. The van der Waals surface area contributed by atoms with Gasteiger partial charge in [0.15, 0.2) is 11.6 Å². The summed E-state index contributed by atoms with van der Waals surface area (Å²) in [5, 5.41) is 0. The molecule has 164 valence electrons. The number of rotatable bonds is 9. The Bertz CT molecular complexity index is 619. The van der Waals surface area contributed by atoms with Gasteiger partial charge in [0.25, 0.3) is 0 Å². The number of thioether (sulfide) groups is 1. The largest absolute Gasteiger partial charge is 0.490 e. The normalized spacial score (nSPS) is 27.7. The van der Waals surface area contributed by atoms with Crippen molar-refractivity contribution in [1.82, 2.24) is 0 Å². The van der Waals surface area contributed by atoms with Crippen LogP contribution in [0.5, 0.6) is 5.75 Å². The van der Waals surface area contributed by atoms with E-state index in [4.69, 9.17) is 4.74 Å². The second-order valence-corrected chi connectivity index (χ2v) is 10.5. The number of hydrogen-bond acceptors (Lipinski definition) is 2. The number of benzene rings is 1. The zero-order valence-corrected chi connectivity index (χ0v) is 19.0. The van der Waals surface area contributed by atoms with Gasteiger partial charge in [-0.3, -0.25) is 0 Å². The maximum atomic E-state index is 14.6. The molecule has 0 spiro atoms. The van der Waals surface area contributed by atoms with Gasteiger partial charge in [-0.05, 0) is 61.5 Å². The van der Waals surface area contributed by atoms with Gasteiger partial charge in [-0.15, -0.1) is 11.8 Å². The van der Waals surface area contributed by atoms with Gasteiger partial charge in [0.1, 0.15) is 0 Å². The minimum atomic E-state index is -0.817. The van der Waals surface area contributed by atoms with Crippen LogP contribution in [0.25, 0.3) is 0 Å². The van der Waals surface area contributed by atoms with Crippen LogP contribution in [-0.4, -0.2) is 12.4 Å². The third-order valence-corrected chi connectivity index (χ3v) is 8.29. The molecule has 2 aliphatic carbocycles. The van der Waals surface area contributed by atoms with Gasteiger partial charge in [-0.1, -0.05) is 58.8 Å². The first kappa shape index (κ1) is 22.9. The predicted molar refractivity (Wildman–Crippen MR) is 119 cm³/mol.